The van der Waals surface area contributed by atoms with E-state index < -0.39 is 0 Å². The summed E-state index contributed by atoms with van der Waals surface area (Å²) in [5.41, 5.74) is 3.06. The average Bonchev–Trinajstić information content (AvgIpc) is 2.60. The molecule has 0 N–H and O–H groups in total. The molecule has 2 aromatic carbocycles. The number of benzene rings is 2. The van der Waals surface area contributed by atoms with Gasteiger partial charge >= 0.3 is 23.1 Å². The predicted molar refractivity (Wildman–Crippen MR) is 102 cm³/mol. The molecule has 26 heavy (non-hydrogen) atoms. The van der Waals surface area contributed by atoms with E-state index in [2.05, 4.69) is 48.5 Å². The van der Waals surface area contributed by atoms with Crippen molar-refractivity contribution in [2.24, 2.45) is 17.8 Å². The molecule has 3 heteroatoms. The predicted octanol–water partition coefficient (Wildman–Crippen LogP) is 2.16. The molecule has 0 radical (unpaired) electrons. The first-order valence-electron chi connectivity index (χ1n) is 9.48. The van der Waals surface area contributed by atoms with Crippen LogP contribution in [-0.4, -0.2) is 23.1 Å². The van der Waals surface area contributed by atoms with Crippen molar-refractivity contribution in [3.63, 3.8) is 0 Å². The molecular formula is C23H25BrMgO. The van der Waals surface area contributed by atoms with Gasteiger partial charge in [0.15, 0.2) is 0 Å². The summed E-state index contributed by atoms with van der Waals surface area (Å²) in [6.45, 7) is 0.657. The van der Waals surface area contributed by atoms with E-state index in [0.29, 0.717) is 12.0 Å². The fourth-order valence-corrected chi connectivity index (χ4v) is 6.13. The van der Waals surface area contributed by atoms with E-state index in [1.807, 2.05) is 6.07 Å². The Labute approximate surface area is 183 Å². The summed E-state index contributed by atoms with van der Waals surface area (Å²) in [4.78, 5) is 0. The monoisotopic (exact) mass is 420 g/mol. The van der Waals surface area contributed by atoms with Crippen molar-refractivity contribution >= 4 is 23.1 Å². The molecule has 6 rings (SSSR count). The summed E-state index contributed by atoms with van der Waals surface area (Å²) in [6.07, 6.45) is 8.57. The normalized spacial score (nSPS) is 31.0. The Morgan fingerprint density at radius 3 is 2.15 bits per heavy atom. The second kappa shape index (κ2) is 8.24. The van der Waals surface area contributed by atoms with Gasteiger partial charge in [-0.1, -0.05) is 49.6 Å². The first kappa shape index (κ1) is 20.2. The maximum Gasteiger partial charge on any atom is 2.00 e. The quantitative estimate of drug-likeness (QED) is 0.543. The summed E-state index contributed by atoms with van der Waals surface area (Å²) in [5.74, 6) is 3.97. The third kappa shape index (κ3) is 3.72. The number of rotatable bonds is 4. The van der Waals surface area contributed by atoms with Crippen LogP contribution in [0.4, 0.5) is 0 Å². The first-order valence-corrected chi connectivity index (χ1v) is 9.48. The maximum absolute atomic E-state index is 6.29. The second-order valence-electron chi connectivity index (χ2n) is 8.39. The number of hydrogen-bond acceptors (Lipinski definition) is 1. The van der Waals surface area contributed by atoms with Crippen LogP contribution in [0.1, 0.15) is 49.7 Å². The first-order chi connectivity index (χ1) is 11.8. The topological polar surface area (TPSA) is 9.23 Å². The molecule has 0 heterocycles. The molecule has 0 aromatic heterocycles. The van der Waals surface area contributed by atoms with Gasteiger partial charge in [-0.2, -0.15) is 18.2 Å². The molecule has 4 saturated carbocycles. The van der Waals surface area contributed by atoms with E-state index in [1.165, 1.54) is 49.7 Å². The third-order valence-electron chi connectivity index (χ3n) is 6.67. The van der Waals surface area contributed by atoms with Gasteiger partial charge in [0.2, 0.25) is 0 Å². The van der Waals surface area contributed by atoms with Gasteiger partial charge in [-0.25, -0.2) is 0 Å². The summed E-state index contributed by atoms with van der Waals surface area (Å²) in [6, 6.07) is 20.2. The standard InChI is InChI=1S/C23H25O.BrH.Mg/c1-2-6-17(7-3-1)16-24-22-9-5-4-8-21(22)23-13-18-10-19(14-23)12-20(11-18)15-23;;/h1-3,5-9,18-20H,10-16H2;1H;/q-1;;+2/p-1. The van der Waals surface area contributed by atoms with Crippen LogP contribution in [0.25, 0.3) is 0 Å². The Balaban J connectivity index is 0.000000980. The minimum absolute atomic E-state index is 0. The summed E-state index contributed by atoms with van der Waals surface area (Å²) in [7, 11) is 0. The Morgan fingerprint density at radius 2 is 1.54 bits per heavy atom. The van der Waals surface area contributed by atoms with Gasteiger partial charge in [0.25, 0.3) is 0 Å². The molecule has 132 valence electrons. The molecule has 0 unspecified atom stereocenters. The van der Waals surface area contributed by atoms with Gasteiger partial charge in [0, 0.05) is 5.75 Å². The van der Waals surface area contributed by atoms with Crippen LogP contribution in [0.2, 0.25) is 0 Å². The van der Waals surface area contributed by atoms with Crippen LogP contribution < -0.4 is 21.7 Å². The molecule has 0 saturated heterocycles. The molecule has 0 spiro atoms. The number of hydrogen-bond donors (Lipinski definition) is 0. The minimum Gasteiger partial charge on any atom is -1.00 e. The van der Waals surface area contributed by atoms with E-state index in [1.54, 1.807) is 0 Å². The van der Waals surface area contributed by atoms with Crippen molar-refractivity contribution in [1.82, 2.24) is 0 Å². The molecule has 4 fully saturated rings. The van der Waals surface area contributed by atoms with Gasteiger partial charge in [0.1, 0.15) is 6.61 Å². The van der Waals surface area contributed by atoms with Crippen molar-refractivity contribution in [1.29, 1.82) is 0 Å². The fraction of sp³-hybridized carbons (Fsp3) is 0.478. The molecular weight excluding hydrogens is 396 g/mol. The Morgan fingerprint density at radius 1 is 0.923 bits per heavy atom. The maximum atomic E-state index is 6.29. The van der Waals surface area contributed by atoms with Gasteiger partial charge in [-0.05, 0) is 48.0 Å². The Kier molecular flexibility index (Phi) is 6.41. The SMILES string of the molecule is [Br-].[Mg+2].[c-]1ccc(OCc2ccccc2)c(C23CC4CC(CC(C4)C2)C3)c1. The van der Waals surface area contributed by atoms with Crippen molar-refractivity contribution in [2.45, 2.75) is 50.5 Å². The second-order valence-corrected chi connectivity index (χ2v) is 8.39. The molecule has 1 nitrogen and oxygen atoms in total. The summed E-state index contributed by atoms with van der Waals surface area (Å²) >= 11 is 0. The smallest absolute Gasteiger partial charge is 1.00 e. The van der Waals surface area contributed by atoms with E-state index in [0.717, 1.165) is 23.5 Å². The molecule has 0 aliphatic heterocycles. The number of halogens is 1. The molecule has 0 amide bonds. The van der Waals surface area contributed by atoms with Crippen LogP contribution in [0, 0.1) is 23.8 Å². The van der Waals surface area contributed by atoms with Gasteiger partial charge < -0.3 is 21.7 Å². The van der Waals surface area contributed by atoms with Crippen molar-refractivity contribution < 1.29 is 21.7 Å². The van der Waals surface area contributed by atoms with Crippen LogP contribution >= 0.6 is 0 Å². The Hall–Kier alpha value is -0.514. The van der Waals surface area contributed by atoms with Crippen LogP contribution in [-0.2, 0) is 12.0 Å². The van der Waals surface area contributed by atoms with E-state index >= 15 is 0 Å². The molecule has 0 atom stereocenters. The van der Waals surface area contributed by atoms with Gasteiger partial charge in [-0.15, -0.1) is 11.6 Å². The van der Waals surface area contributed by atoms with E-state index in [9.17, 15) is 0 Å². The third-order valence-corrected chi connectivity index (χ3v) is 6.67. The summed E-state index contributed by atoms with van der Waals surface area (Å²) in [5, 5.41) is 0. The fourth-order valence-electron chi connectivity index (χ4n) is 6.13. The van der Waals surface area contributed by atoms with Crippen molar-refractivity contribution in [3.8, 4) is 5.75 Å². The van der Waals surface area contributed by atoms with Crippen LogP contribution in [0.3, 0.4) is 0 Å². The van der Waals surface area contributed by atoms with Crippen molar-refractivity contribution in [3.05, 3.63) is 65.7 Å². The van der Waals surface area contributed by atoms with Crippen LogP contribution in [0.15, 0.2) is 48.5 Å². The number of ether oxygens (including phenoxy) is 1. The van der Waals surface area contributed by atoms with Crippen LogP contribution in [0.5, 0.6) is 5.75 Å². The zero-order chi connectivity index (χ0) is 16.0. The molecule has 4 bridgehead atoms. The molecule has 2 aromatic rings. The van der Waals surface area contributed by atoms with E-state index in [-0.39, 0.29) is 40.0 Å². The zero-order valence-corrected chi connectivity index (χ0v) is 18.3. The Bertz CT molecular complexity index is 695. The van der Waals surface area contributed by atoms with Gasteiger partial charge in [0.05, 0.1) is 0 Å². The minimum atomic E-state index is 0. The largest absolute Gasteiger partial charge is 2.00 e. The zero-order valence-electron chi connectivity index (χ0n) is 15.3. The average molecular weight is 422 g/mol. The van der Waals surface area contributed by atoms with Gasteiger partial charge in [-0.3, -0.25) is 0 Å². The molecule has 4 aliphatic carbocycles. The summed E-state index contributed by atoms with van der Waals surface area (Å²) < 4.78 is 6.29. The van der Waals surface area contributed by atoms with Crippen molar-refractivity contribution in [2.75, 3.05) is 0 Å². The molecule has 4 aliphatic rings. The van der Waals surface area contributed by atoms with E-state index in [4.69, 9.17) is 4.74 Å².